The highest BCUT2D eigenvalue weighted by molar-refractivity contribution is 7.92. The van der Waals surface area contributed by atoms with Gasteiger partial charge in [0.1, 0.15) is 5.75 Å². The number of hydrogen-bond acceptors (Lipinski definition) is 3. The Balaban J connectivity index is 2.00. The number of alkyl halides is 3. The molecule has 0 spiro atoms. The van der Waals surface area contributed by atoms with Gasteiger partial charge in [-0.15, -0.1) is 0 Å². The van der Waals surface area contributed by atoms with Gasteiger partial charge < -0.3 is 4.74 Å². The number of anilines is 1. The molecular formula is C18H14F3NO3S. The first-order valence-corrected chi connectivity index (χ1v) is 8.96. The van der Waals surface area contributed by atoms with Crippen molar-refractivity contribution in [3.8, 4) is 5.75 Å². The Bertz CT molecular complexity index is 1060. The van der Waals surface area contributed by atoms with Crippen molar-refractivity contribution < 1.29 is 26.3 Å². The second kappa shape index (κ2) is 6.53. The van der Waals surface area contributed by atoms with Gasteiger partial charge in [0.2, 0.25) is 0 Å². The molecule has 0 aliphatic heterocycles. The van der Waals surface area contributed by atoms with Crippen LogP contribution < -0.4 is 9.46 Å². The molecule has 0 aliphatic carbocycles. The van der Waals surface area contributed by atoms with Crippen LogP contribution in [0.3, 0.4) is 0 Å². The normalized spacial score (nSPS) is 12.2. The fraction of sp³-hybridized carbons (Fsp3) is 0.111. The van der Waals surface area contributed by atoms with E-state index in [-0.39, 0.29) is 4.90 Å². The van der Waals surface area contributed by atoms with Crippen LogP contribution in [0.15, 0.2) is 65.6 Å². The number of para-hydroxylation sites is 1. The number of nitrogens with one attached hydrogen (secondary N) is 1. The van der Waals surface area contributed by atoms with Gasteiger partial charge in [-0.3, -0.25) is 4.72 Å². The van der Waals surface area contributed by atoms with E-state index in [1.54, 1.807) is 24.3 Å². The number of benzene rings is 3. The molecule has 0 heterocycles. The van der Waals surface area contributed by atoms with E-state index < -0.39 is 27.5 Å². The van der Waals surface area contributed by atoms with Gasteiger partial charge in [-0.05, 0) is 47.2 Å². The third-order valence-electron chi connectivity index (χ3n) is 3.81. The van der Waals surface area contributed by atoms with E-state index in [1.807, 2.05) is 4.72 Å². The first-order chi connectivity index (χ1) is 12.2. The topological polar surface area (TPSA) is 55.4 Å². The summed E-state index contributed by atoms with van der Waals surface area (Å²) in [5.74, 6) is 0.616. The minimum absolute atomic E-state index is 0.132. The van der Waals surface area contributed by atoms with Crippen LogP contribution in [0.25, 0.3) is 10.8 Å². The van der Waals surface area contributed by atoms with Crippen LogP contribution in [0, 0.1) is 0 Å². The molecule has 0 amide bonds. The van der Waals surface area contributed by atoms with Gasteiger partial charge in [0.15, 0.2) is 0 Å². The van der Waals surface area contributed by atoms with Gasteiger partial charge in [0.25, 0.3) is 10.0 Å². The maximum Gasteiger partial charge on any atom is 0.418 e. The van der Waals surface area contributed by atoms with Crippen LogP contribution in [-0.2, 0) is 16.2 Å². The lowest BCUT2D eigenvalue weighted by molar-refractivity contribution is -0.136. The Morgan fingerprint density at radius 1 is 0.923 bits per heavy atom. The van der Waals surface area contributed by atoms with Crippen molar-refractivity contribution in [2.45, 2.75) is 11.1 Å². The van der Waals surface area contributed by atoms with E-state index in [4.69, 9.17) is 4.74 Å². The van der Waals surface area contributed by atoms with E-state index in [9.17, 15) is 21.6 Å². The Morgan fingerprint density at radius 3 is 2.27 bits per heavy atom. The van der Waals surface area contributed by atoms with Gasteiger partial charge in [0.05, 0.1) is 23.3 Å². The molecule has 136 valence electrons. The minimum Gasteiger partial charge on any atom is -0.497 e. The Hall–Kier alpha value is -2.74. The largest absolute Gasteiger partial charge is 0.497 e. The zero-order valence-corrected chi connectivity index (χ0v) is 14.4. The van der Waals surface area contributed by atoms with Crippen molar-refractivity contribution in [2.24, 2.45) is 0 Å². The SMILES string of the molecule is COc1ccc2cc(S(=O)(=O)Nc3ccccc3C(F)(F)F)ccc2c1. The predicted octanol–water partition coefficient (Wildman–Crippen LogP) is 4.67. The summed E-state index contributed by atoms with van der Waals surface area (Å²) >= 11 is 0. The summed E-state index contributed by atoms with van der Waals surface area (Å²) < 4.78 is 71.4. The zero-order chi connectivity index (χ0) is 18.9. The van der Waals surface area contributed by atoms with Crippen LogP contribution in [0.1, 0.15) is 5.56 Å². The maximum atomic E-state index is 13.1. The lowest BCUT2D eigenvalue weighted by atomic mass is 10.1. The lowest BCUT2D eigenvalue weighted by Gasteiger charge is -2.15. The number of methoxy groups -OCH3 is 1. The molecule has 26 heavy (non-hydrogen) atoms. The van der Waals surface area contributed by atoms with Crippen molar-refractivity contribution in [3.05, 3.63) is 66.2 Å². The predicted molar refractivity (Wildman–Crippen MR) is 92.8 cm³/mol. The van der Waals surface area contributed by atoms with E-state index in [2.05, 4.69) is 0 Å². The first-order valence-electron chi connectivity index (χ1n) is 7.47. The highest BCUT2D eigenvalue weighted by atomic mass is 32.2. The van der Waals surface area contributed by atoms with Gasteiger partial charge >= 0.3 is 6.18 Å². The van der Waals surface area contributed by atoms with E-state index >= 15 is 0 Å². The Morgan fingerprint density at radius 2 is 1.58 bits per heavy atom. The summed E-state index contributed by atoms with van der Waals surface area (Å²) in [6.07, 6.45) is -4.67. The summed E-state index contributed by atoms with van der Waals surface area (Å²) in [5.41, 5.74) is -1.57. The number of ether oxygens (including phenoxy) is 1. The molecule has 0 saturated heterocycles. The molecule has 8 heteroatoms. The third kappa shape index (κ3) is 3.60. The first kappa shape index (κ1) is 18.1. The average molecular weight is 381 g/mol. The van der Waals surface area contributed by atoms with Crippen LogP contribution in [0.4, 0.5) is 18.9 Å². The second-order valence-corrected chi connectivity index (χ2v) is 7.21. The van der Waals surface area contributed by atoms with Crippen molar-refractivity contribution in [1.82, 2.24) is 0 Å². The molecule has 1 N–H and O–H groups in total. The standard InChI is InChI=1S/C18H14F3NO3S/c1-25-14-8-6-13-11-15(9-7-12(13)10-14)26(23,24)22-17-5-3-2-4-16(17)18(19,20)21/h2-11,22H,1H3. The monoisotopic (exact) mass is 381 g/mol. The third-order valence-corrected chi connectivity index (χ3v) is 5.17. The average Bonchev–Trinajstić information content (AvgIpc) is 2.60. The van der Waals surface area contributed by atoms with Gasteiger partial charge in [-0.2, -0.15) is 13.2 Å². The van der Waals surface area contributed by atoms with Gasteiger partial charge in [-0.25, -0.2) is 8.42 Å². The Labute approximate surface area is 148 Å². The molecule has 0 unspecified atom stereocenters. The molecule has 3 aromatic carbocycles. The van der Waals surface area contributed by atoms with Gasteiger partial charge in [0, 0.05) is 0 Å². The fourth-order valence-corrected chi connectivity index (χ4v) is 3.63. The number of halogens is 3. The molecule has 0 aromatic heterocycles. The molecule has 4 nitrogen and oxygen atoms in total. The zero-order valence-electron chi connectivity index (χ0n) is 13.5. The quantitative estimate of drug-likeness (QED) is 0.715. The fourth-order valence-electron chi connectivity index (χ4n) is 2.52. The smallest absolute Gasteiger partial charge is 0.418 e. The van der Waals surface area contributed by atoms with Crippen LogP contribution in [0.2, 0.25) is 0 Å². The van der Waals surface area contributed by atoms with Crippen molar-refractivity contribution >= 4 is 26.5 Å². The molecule has 0 saturated carbocycles. The highest BCUT2D eigenvalue weighted by Crippen LogP contribution is 2.35. The molecule has 3 aromatic rings. The number of fused-ring (bicyclic) bond motifs is 1. The van der Waals surface area contributed by atoms with Crippen LogP contribution >= 0.6 is 0 Å². The number of hydrogen-bond donors (Lipinski definition) is 1. The highest BCUT2D eigenvalue weighted by Gasteiger charge is 2.34. The molecule has 0 atom stereocenters. The lowest BCUT2D eigenvalue weighted by Crippen LogP contribution is -2.17. The molecule has 0 aliphatic rings. The van der Waals surface area contributed by atoms with Crippen molar-refractivity contribution in [3.63, 3.8) is 0 Å². The second-order valence-electron chi connectivity index (χ2n) is 5.52. The van der Waals surface area contributed by atoms with Crippen molar-refractivity contribution in [2.75, 3.05) is 11.8 Å². The summed E-state index contributed by atoms with van der Waals surface area (Å²) in [4.78, 5) is -0.132. The summed E-state index contributed by atoms with van der Waals surface area (Å²) in [5, 5.41) is 1.37. The summed E-state index contributed by atoms with van der Waals surface area (Å²) in [6.45, 7) is 0. The Kier molecular flexibility index (Phi) is 4.53. The molecule has 3 rings (SSSR count). The van der Waals surface area contributed by atoms with E-state index in [1.165, 1.54) is 31.4 Å². The summed E-state index contributed by atoms with van der Waals surface area (Å²) in [6, 6.07) is 13.8. The van der Waals surface area contributed by atoms with Crippen molar-refractivity contribution in [1.29, 1.82) is 0 Å². The van der Waals surface area contributed by atoms with E-state index in [0.29, 0.717) is 11.1 Å². The minimum atomic E-state index is -4.67. The summed E-state index contributed by atoms with van der Waals surface area (Å²) in [7, 11) is -2.67. The molecule has 0 bridgehead atoms. The molecular weight excluding hydrogens is 367 g/mol. The van der Waals surface area contributed by atoms with Crippen LogP contribution in [0.5, 0.6) is 5.75 Å². The van der Waals surface area contributed by atoms with E-state index in [0.717, 1.165) is 17.5 Å². The van der Waals surface area contributed by atoms with Gasteiger partial charge in [-0.1, -0.05) is 24.3 Å². The number of sulfonamides is 1. The number of rotatable bonds is 4. The molecule has 0 radical (unpaired) electrons. The van der Waals surface area contributed by atoms with Crippen LogP contribution in [-0.4, -0.2) is 15.5 Å². The maximum absolute atomic E-state index is 13.1. The molecule has 0 fully saturated rings.